The van der Waals surface area contributed by atoms with Crippen molar-refractivity contribution in [3.05, 3.63) is 96.8 Å². The molecule has 0 aliphatic carbocycles. The summed E-state index contributed by atoms with van der Waals surface area (Å²) in [6, 6.07) is 28.1. The number of nitrogens with zero attached hydrogens (tertiary/aromatic N) is 2. The smallest absolute Gasteiger partial charge is 0.234 e. The zero-order valence-electron chi connectivity index (χ0n) is 16.0. The number of nitrogens with one attached hydrogen (secondary N) is 1. The first kappa shape index (κ1) is 19.8. The number of hydrogen-bond donors (Lipinski definition) is 1. The number of thioether (sulfide) groups is 1. The van der Waals surface area contributed by atoms with Crippen molar-refractivity contribution < 1.29 is 9.18 Å². The van der Waals surface area contributed by atoms with Gasteiger partial charge in [0.05, 0.1) is 17.1 Å². The second-order valence-electron chi connectivity index (χ2n) is 6.52. The molecule has 0 unspecified atom stereocenters. The molecular formula is C24H18FN3OS. The summed E-state index contributed by atoms with van der Waals surface area (Å²) in [5.74, 6) is -0.639. The maximum atomic E-state index is 13.6. The Labute approximate surface area is 178 Å². The number of hydrogen-bond acceptors (Lipinski definition) is 4. The molecule has 0 aliphatic rings. The maximum absolute atomic E-state index is 13.6. The maximum Gasteiger partial charge on any atom is 0.234 e. The lowest BCUT2D eigenvalue weighted by molar-refractivity contribution is -0.113. The second-order valence-corrected chi connectivity index (χ2v) is 7.51. The minimum atomic E-state index is -0.460. The van der Waals surface area contributed by atoms with Crippen LogP contribution < -0.4 is 5.32 Å². The van der Waals surface area contributed by atoms with Gasteiger partial charge in [0.25, 0.3) is 0 Å². The number of para-hydroxylation sites is 1. The van der Waals surface area contributed by atoms with Crippen molar-refractivity contribution in [2.24, 2.45) is 0 Å². The van der Waals surface area contributed by atoms with Crippen molar-refractivity contribution >= 4 is 23.4 Å². The lowest BCUT2D eigenvalue weighted by atomic mass is 10.0. The first-order valence-corrected chi connectivity index (χ1v) is 10.3. The van der Waals surface area contributed by atoms with Crippen LogP contribution in [-0.4, -0.2) is 21.9 Å². The van der Waals surface area contributed by atoms with Crippen molar-refractivity contribution in [3.8, 4) is 22.4 Å². The van der Waals surface area contributed by atoms with E-state index in [4.69, 9.17) is 0 Å². The summed E-state index contributed by atoms with van der Waals surface area (Å²) in [6.07, 6.45) is 0. The highest BCUT2D eigenvalue weighted by atomic mass is 32.2. The molecule has 148 valence electrons. The van der Waals surface area contributed by atoms with Crippen LogP contribution in [0.25, 0.3) is 22.4 Å². The van der Waals surface area contributed by atoms with Crippen LogP contribution in [0, 0.1) is 5.82 Å². The highest BCUT2D eigenvalue weighted by molar-refractivity contribution is 7.99. The van der Waals surface area contributed by atoms with Crippen molar-refractivity contribution in [2.75, 3.05) is 11.1 Å². The van der Waals surface area contributed by atoms with Crippen molar-refractivity contribution in [2.45, 2.75) is 5.03 Å². The quantitative estimate of drug-likeness (QED) is 0.412. The van der Waals surface area contributed by atoms with E-state index in [9.17, 15) is 9.18 Å². The molecule has 0 atom stereocenters. The van der Waals surface area contributed by atoms with Gasteiger partial charge < -0.3 is 5.32 Å². The number of carbonyl (C=O) groups is 1. The standard InChI is InChI=1S/C24H18FN3OS/c25-20-8-4-5-9-22(20)26-23(29)16-30-24-15-14-21(27-28-24)19-12-10-18(11-13-19)17-6-2-1-3-7-17/h1-15H,16H2,(H,26,29). The van der Waals surface area contributed by atoms with Crippen LogP contribution in [0.1, 0.15) is 0 Å². The van der Waals surface area contributed by atoms with E-state index in [2.05, 4.69) is 39.8 Å². The summed E-state index contributed by atoms with van der Waals surface area (Å²) in [7, 11) is 0. The molecule has 30 heavy (non-hydrogen) atoms. The van der Waals surface area contributed by atoms with Crippen molar-refractivity contribution in [1.82, 2.24) is 10.2 Å². The Morgan fingerprint density at radius 2 is 1.43 bits per heavy atom. The van der Waals surface area contributed by atoms with E-state index < -0.39 is 5.82 Å². The van der Waals surface area contributed by atoms with Gasteiger partial charge in [0.2, 0.25) is 5.91 Å². The Hall–Kier alpha value is -3.51. The van der Waals surface area contributed by atoms with E-state index >= 15 is 0 Å². The van der Waals surface area contributed by atoms with E-state index in [-0.39, 0.29) is 17.3 Å². The van der Waals surface area contributed by atoms with Gasteiger partial charge in [-0.05, 0) is 35.4 Å². The number of anilines is 1. The molecule has 4 rings (SSSR count). The van der Waals surface area contributed by atoms with Crippen LogP contribution in [-0.2, 0) is 4.79 Å². The Balaban J connectivity index is 1.36. The van der Waals surface area contributed by atoms with Gasteiger partial charge in [-0.15, -0.1) is 10.2 Å². The largest absolute Gasteiger partial charge is 0.323 e. The summed E-state index contributed by atoms with van der Waals surface area (Å²) in [5.41, 5.74) is 4.20. The third kappa shape index (κ3) is 4.90. The molecule has 0 saturated carbocycles. The van der Waals surface area contributed by atoms with Gasteiger partial charge in [0, 0.05) is 5.56 Å². The van der Waals surface area contributed by atoms with Crippen molar-refractivity contribution in [3.63, 3.8) is 0 Å². The van der Waals surface area contributed by atoms with E-state index in [0.717, 1.165) is 22.4 Å². The molecule has 4 aromatic rings. The van der Waals surface area contributed by atoms with Crippen LogP contribution >= 0.6 is 11.8 Å². The van der Waals surface area contributed by atoms with E-state index in [0.29, 0.717) is 5.03 Å². The van der Waals surface area contributed by atoms with Gasteiger partial charge in [0.1, 0.15) is 10.8 Å². The fourth-order valence-corrected chi connectivity index (χ4v) is 3.52. The van der Waals surface area contributed by atoms with Gasteiger partial charge in [-0.1, -0.05) is 78.5 Å². The van der Waals surface area contributed by atoms with Gasteiger partial charge >= 0.3 is 0 Å². The monoisotopic (exact) mass is 415 g/mol. The van der Waals surface area contributed by atoms with Crippen LogP contribution in [0.15, 0.2) is 96.0 Å². The SMILES string of the molecule is O=C(CSc1ccc(-c2ccc(-c3ccccc3)cc2)nn1)Nc1ccccc1F. The minimum Gasteiger partial charge on any atom is -0.323 e. The lowest BCUT2D eigenvalue weighted by Crippen LogP contribution is -2.15. The Kier molecular flexibility index (Phi) is 6.15. The van der Waals surface area contributed by atoms with Gasteiger partial charge in [-0.2, -0.15) is 0 Å². The zero-order valence-corrected chi connectivity index (χ0v) is 16.8. The number of amides is 1. The molecule has 0 fully saturated rings. The van der Waals surface area contributed by atoms with Crippen LogP contribution in [0.5, 0.6) is 0 Å². The van der Waals surface area contributed by atoms with Crippen LogP contribution in [0.2, 0.25) is 0 Å². The summed E-state index contributed by atoms with van der Waals surface area (Å²) < 4.78 is 13.6. The first-order valence-electron chi connectivity index (χ1n) is 9.36. The van der Waals surface area contributed by atoms with Crippen LogP contribution in [0.4, 0.5) is 10.1 Å². The summed E-state index contributed by atoms with van der Waals surface area (Å²) in [4.78, 5) is 12.0. The highest BCUT2D eigenvalue weighted by Crippen LogP contribution is 2.24. The number of rotatable bonds is 6. The van der Waals surface area contributed by atoms with Gasteiger partial charge in [-0.25, -0.2) is 4.39 Å². The molecular weight excluding hydrogens is 397 g/mol. The second kappa shape index (κ2) is 9.33. The normalized spacial score (nSPS) is 10.6. The molecule has 1 amide bonds. The molecule has 1 heterocycles. The molecule has 4 nitrogen and oxygen atoms in total. The third-order valence-corrected chi connectivity index (χ3v) is 5.35. The fourth-order valence-electron chi connectivity index (χ4n) is 2.90. The molecule has 1 N–H and O–H groups in total. The molecule has 0 radical (unpaired) electrons. The molecule has 0 saturated heterocycles. The molecule has 3 aromatic carbocycles. The van der Waals surface area contributed by atoms with Gasteiger partial charge in [-0.3, -0.25) is 4.79 Å². The summed E-state index contributed by atoms with van der Waals surface area (Å²) in [5, 5.41) is 11.6. The van der Waals surface area contributed by atoms with Gasteiger partial charge in [0.15, 0.2) is 0 Å². The number of halogens is 1. The predicted molar refractivity (Wildman–Crippen MR) is 119 cm³/mol. The summed E-state index contributed by atoms with van der Waals surface area (Å²) in [6.45, 7) is 0. The Bertz CT molecular complexity index is 1130. The number of carbonyl (C=O) groups excluding carboxylic acids is 1. The van der Waals surface area contributed by atoms with Crippen molar-refractivity contribution in [1.29, 1.82) is 0 Å². The van der Waals surface area contributed by atoms with E-state index in [1.165, 1.54) is 23.9 Å². The molecule has 0 bridgehead atoms. The average molecular weight is 415 g/mol. The van der Waals surface area contributed by atoms with E-state index in [1.54, 1.807) is 12.1 Å². The Morgan fingerprint density at radius 3 is 2.13 bits per heavy atom. The summed E-state index contributed by atoms with van der Waals surface area (Å²) >= 11 is 1.25. The number of aromatic nitrogens is 2. The molecule has 0 spiro atoms. The van der Waals surface area contributed by atoms with E-state index in [1.807, 2.05) is 42.5 Å². The number of benzene rings is 3. The first-order chi connectivity index (χ1) is 14.7. The Morgan fingerprint density at radius 1 is 0.767 bits per heavy atom. The third-order valence-electron chi connectivity index (χ3n) is 4.43. The predicted octanol–water partition coefficient (Wildman–Crippen LogP) is 5.68. The molecule has 1 aromatic heterocycles. The average Bonchev–Trinajstić information content (AvgIpc) is 2.80. The zero-order chi connectivity index (χ0) is 20.8. The highest BCUT2D eigenvalue weighted by Gasteiger charge is 2.08. The lowest BCUT2D eigenvalue weighted by Gasteiger charge is -2.06. The molecule has 6 heteroatoms. The topological polar surface area (TPSA) is 54.9 Å². The van der Waals surface area contributed by atoms with Crippen LogP contribution in [0.3, 0.4) is 0 Å². The fraction of sp³-hybridized carbons (Fsp3) is 0.0417. The minimum absolute atomic E-state index is 0.119. The molecule has 0 aliphatic heterocycles.